The van der Waals surface area contributed by atoms with E-state index in [0.29, 0.717) is 31.9 Å². The van der Waals surface area contributed by atoms with Crippen LogP contribution < -0.4 is 0 Å². The Morgan fingerprint density at radius 3 is 2.30 bits per heavy atom. The number of sulfonamides is 1. The smallest absolute Gasteiger partial charge is 0.243 e. The highest BCUT2D eigenvalue weighted by Crippen LogP contribution is 2.18. The minimum atomic E-state index is -3.62. The maximum atomic E-state index is 13.2. The van der Waals surface area contributed by atoms with Crippen molar-refractivity contribution in [3.05, 3.63) is 71.3 Å². The van der Waals surface area contributed by atoms with Gasteiger partial charge in [-0.15, -0.1) is 0 Å². The van der Waals surface area contributed by atoms with Gasteiger partial charge in [-0.1, -0.05) is 12.1 Å². The summed E-state index contributed by atoms with van der Waals surface area (Å²) in [6.45, 7) is 1.29. The normalized spacial score (nSPS) is 15.9. The van der Waals surface area contributed by atoms with E-state index >= 15 is 0 Å². The molecule has 2 aromatic rings. The quantitative estimate of drug-likeness (QED) is 0.579. The minimum Gasteiger partial charge on any atom is -0.379 e. The van der Waals surface area contributed by atoms with Crippen LogP contribution in [-0.2, 0) is 14.8 Å². The molecule has 8 heteroatoms. The average Bonchev–Trinajstić information content (AvgIpc) is 2.69. The number of carbonyl (C=O) groups is 1. The fraction of sp³-hybridized carbons (Fsp3) is 0.211. The lowest BCUT2D eigenvalue weighted by atomic mass is 10.1. The van der Waals surface area contributed by atoms with E-state index in [1.807, 2.05) is 0 Å². The summed E-state index contributed by atoms with van der Waals surface area (Å²) in [6, 6.07) is 8.91. The molecule has 0 atom stereocenters. The van der Waals surface area contributed by atoms with Crippen LogP contribution in [0.4, 0.5) is 8.78 Å². The second-order valence-electron chi connectivity index (χ2n) is 5.91. The van der Waals surface area contributed by atoms with Crippen LogP contribution in [0.15, 0.2) is 53.4 Å². The lowest BCUT2D eigenvalue weighted by Crippen LogP contribution is -2.40. The first-order valence-electron chi connectivity index (χ1n) is 8.23. The maximum absolute atomic E-state index is 13.2. The Morgan fingerprint density at radius 1 is 1.00 bits per heavy atom. The first-order chi connectivity index (χ1) is 12.9. The average molecular weight is 393 g/mol. The molecule has 3 rings (SSSR count). The minimum absolute atomic E-state index is 0.102. The summed E-state index contributed by atoms with van der Waals surface area (Å²) in [6.07, 6.45) is 2.58. The SMILES string of the molecule is O=C(/C=C/c1ccc(F)c(F)c1)c1ccc(S(=O)(=O)N2CCOCC2)cc1. The molecule has 0 radical (unpaired) electrons. The van der Waals surface area contributed by atoms with Crippen LogP contribution in [-0.4, -0.2) is 44.8 Å². The predicted octanol–water partition coefficient (Wildman–Crippen LogP) is 2.88. The molecule has 0 unspecified atom stereocenters. The molecule has 0 spiro atoms. The van der Waals surface area contributed by atoms with Gasteiger partial charge in [-0.25, -0.2) is 17.2 Å². The highest BCUT2D eigenvalue weighted by Gasteiger charge is 2.26. The number of hydrogen-bond donors (Lipinski definition) is 0. The third-order valence-corrected chi connectivity index (χ3v) is 6.03. The third-order valence-electron chi connectivity index (χ3n) is 4.12. The van der Waals surface area contributed by atoms with Crippen LogP contribution in [0.25, 0.3) is 6.08 Å². The lowest BCUT2D eigenvalue weighted by Gasteiger charge is -2.26. The zero-order valence-corrected chi connectivity index (χ0v) is 15.1. The van der Waals surface area contributed by atoms with Gasteiger partial charge in [0.05, 0.1) is 18.1 Å². The van der Waals surface area contributed by atoms with Crippen LogP contribution in [0.1, 0.15) is 15.9 Å². The van der Waals surface area contributed by atoms with Crippen LogP contribution in [0.3, 0.4) is 0 Å². The van der Waals surface area contributed by atoms with Gasteiger partial charge in [-0.2, -0.15) is 4.31 Å². The van der Waals surface area contributed by atoms with Crippen molar-refractivity contribution in [3.63, 3.8) is 0 Å². The van der Waals surface area contributed by atoms with Crippen molar-refractivity contribution in [2.24, 2.45) is 0 Å². The zero-order valence-electron chi connectivity index (χ0n) is 14.3. The molecule has 5 nitrogen and oxygen atoms in total. The molecule has 0 amide bonds. The molecule has 1 aliphatic heterocycles. The number of allylic oxidation sites excluding steroid dienone is 1. The summed E-state index contributed by atoms with van der Waals surface area (Å²) in [4.78, 5) is 12.3. The predicted molar refractivity (Wildman–Crippen MR) is 95.7 cm³/mol. The second-order valence-corrected chi connectivity index (χ2v) is 7.85. The highest BCUT2D eigenvalue weighted by molar-refractivity contribution is 7.89. The van der Waals surface area contributed by atoms with Crippen LogP contribution in [0.2, 0.25) is 0 Å². The molecule has 1 aliphatic rings. The van der Waals surface area contributed by atoms with Gasteiger partial charge in [-0.3, -0.25) is 4.79 Å². The lowest BCUT2D eigenvalue weighted by molar-refractivity contribution is 0.0730. The van der Waals surface area contributed by atoms with E-state index < -0.39 is 21.7 Å². The number of ketones is 1. The van der Waals surface area contributed by atoms with Crippen molar-refractivity contribution in [1.29, 1.82) is 0 Å². The number of morpholine rings is 1. The first-order valence-corrected chi connectivity index (χ1v) is 9.67. The van der Waals surface area contributed by atoms with Gasteiger partial charge in [0.2, 0.25) is 10.0 Å². The summed E-state index contributed by atoms with van der Waals surface area (Å²) in [5.41, 5.74) is 0.628. The highest BCUT2D eigenvalue weighted by atomic mass is 32.2. The van der Waals surface area contributed by atoms with Crippen LogP contribution in [0, 0.1) is 11.6 Å². The van der Waals surface area contributed by atoms with E-state index in [-0.39, 0.29) is 16.2 Å². The Labute approximate surface area is 155 Å². The fourth-order valence-electron chi connectivity index (χ4n) is 2.61. The largest absolute Gasteiger partial charge is 0.379 e. The molecule has 0 saturated carbocycles. The molecule has 0 N–H and O–H groups in total. The molecular weight excluding hydrogens is 376 g/mol. The molecule has 2 aromatic carbocycles. The van der Waals surface area contributed by atoms with Crippen molar-refractivity contribution in [2.75, 3.05) is 26.3 Å². The van der Waals surface area contributed by atoms with Gasteiger partial charge in [0.15, 0.2) is 17.4 Å². The first kappa shape index (κ1) is 19.3. The molecule has 142 valence electrons. The summed E-state index contributed by atoms with van der Waals surface area (Å²) in [5, 5.41) is 0. The number of halogens is 2. The molecule has 0 aromatic heterocycles. The molecule has 1 heterocycles. The topological polar surface area (TPSA) is 63.7 Å². The van der Waals surface area contributed by atoms with Gasteiger partial charge >= 0.3 is 0 Å². The van der Waals surface area contributed by atoms with Crippen molar-refractivity contribution in [3.8, 4) is 0 Å². The fourth-order valence-corrected chi connectivity index (χ4v) is 4.02. The summed E-state index contributed by atoms with van der Waals surface area (Å²) < 4.78 is 57.7. The van der Waals surface area contributed by atoms with Gasteiger partial charge in [-0.05, 0) is 48.0 Å². The van der Waals surface area contributed by atoms with Gasteiger partial charge < -0.3 is 4.74 Å². The van der Waals surface area contributed by atoms with Crippen molar-refractivity contribution >= 4 is 21.9 Å². The van der Waals surface area contributed by atoms with E-state index in [0.717, 1.165) is 12.1 Å². The summed E-state index contributed by atoms with van der Waals surface area (Å²) in [7, 11) is -3.62. The molecule has 0 bridgehead atoms. The Bertz CT molecular complexity index is 966. The van der Waals surface area contributed by atoms with E-state index in [1.165, 1.54) is 46.8 Å². The van der Waals surface area contributed by atoms with Gasteiger partial charge in [0, 0.05) is 18.7 Å². The molecule has 27 heavy (non-hydrogen) atoms. The van der Waals surface area contributed by atoms with Gasteiger partial charge in [0.25, 0.3) is 0 Å². The van der Waals surface area contributed by atoms with Crippen LogP contribution in [0.5, 0.6) is 0 Å². The Morgan fingerprint density at radius 2 is 1.67 bits per heavy atom. The maximum Gasteiger partial charge on any atom is 0.243 e. The second kappa shape index (κ2) is 8.08. The molecular formula is C19H17F2NO4S. The Hall–Kier alpha value is -2.42. The number of rotatable bonds is 5. The van der Waals surface area contributed by atoms with Crippen molar-refractivity contribution < 1.29 is 26.7 Å². The van der Waals surface area contributed by atoms with E-state index in [4.69, 9.17) is 4.74 Å². The van der Waals surface area contributed by atoms with E-state index in [9.17, 15) is 22.0 Å². The Balaban J connectivity index is 1.73. The summed E-state index contributed by atoms with van der Waals surface area (Å²) >= 11 is 0. The van der Waals surface area contributed by atoms with Crippen molar-refractivity contribution in [2.45, 2.75) is 4.90 Å². The van der Waals surface area contributed by atoms with E-state index in [2.05, 4.69) is 0 Å². The number of ether oxygens (including phenoxy) is 1. The Kier molecular flexibility index (Phi) is 5.79. The number of benzene rings is 2. The van der Waals surface area contributed by atoms with Crippen molar-refractivity contribution in [1.82, 2.24) is 4.31 Å². The molecule has 1 fully saturated rings. The third kappa shape index (κ3) is 4.47. The number of nitrogens with zero attached hydrogens (tertiary/aromatic N) is 1. The molecule has 1 saturated heterocycles. The van der Waals surface area contributed by atoms with E-state index in [1.54, 1.807) is 0 Å². The summed E-state index contributed by atoms with van der Waals surface area (Å²) in [5.74, 6) is -2.34. The zero-order chi connectivity index (χ0) is 19.4. The standard InChI is InChI=1S/C19H17F2NO4S/c20-17-7-1-14(13-18(17)21)2-8-19(23)15-3-5-16(6-4-15)27(24,25)22-9-11-26-12-10-22/h1-8,13H,9-12H2/b8-2+. The van der Waals surface area contributed by atoms with Gasteiger partial charge in [0.1, 0.15) is 0 Å². The molecule has 0 aliphatic carbocycles. The number of carbonyl (C=O) groups excluding carboxylic acids is 1. The number of hydrogen-bond acceptors (Lipinski definition) is 4. The monoisotopic (exact) mass is 393 g/mol. The van der Waals surface area contributed by atoms with Crippen LogP contribution >= 0.6 is 0 Å².